The fourth-order valence-corrected chi connectivity index (χ4v) is 0.821. The van der Waals surface area contributed by atoms with Crippen molar-refractivity contribution in [2.24, 2.45) is 11.5 Å². The molecule has 1 amide bonds. The average Bonchev–Trinajstić information content (AvgIpc) is 2.04. The third-order valence-electron chi connectivity index (χ3n) is 1.31. The van der Waals surface area contributed by atoms with Gasteiger partial charge >= 0.3 is 0 Å². The zero-order chi connectivity index (χ0) is 9.14. The predicted octanol–water partition coefficient (Wildman–Crippen LogP) is -0.185. The predicted molar refractivity (Wildman–Crippen MR) is 48.6 cm³/mol. The largest absolute Gasteiger partial charge is 0.389 e. The lowest BCUT2D eigenvalue weighted by molar-refractivity contribution is 0.1000. The van der Waals surface area contributed by atoms with Crippen molar-refractivity contribution in [1.82, 2.24) is 4.98 Å². The van der Waals surface area contributed by atoms with Crippen molar-refractivity contribution in [2.75, 3.05) is 0 Å². The fourth-order valence-electron chi connectivity index (χ4n) is 0.709. The molecule has 0 radical (unpaired) electrons. The Morgan fingerprint density at radius 3 is 2.42 bits per heavy atom. The molecule has 1 heterocycles. The van der Waals surface area contributed by atoms with E-state index in [-0.39, 0.29) is 4.99 Å². The van der Waals surface area contributed by atoms with Crippen LogP contribution in [0.3, 0.4) is 0 Å². The van der Waals surface area contributed by atoms with Gasteiger partial charge in [-0.3, -0.25) is 9.78 Å². The minimum absolute atomic E-state index is 0.200. The molecule has 0 aliphatic carbocycles. The van der Waals surface area contributed by atoms with Crippen molar-refractivity contribution in [1.29, 1.82) is 0 Å². The molecule has 1 aromatic rings. The molecule has 0 aliphatic heterocycles. The van der Waals surface area contributed by atoms with Crippen LogP contribution in [0, 0.1) is 0 Å². The van der Waals surface area contributed by atoms with Crippen molar-refractivity contribution in [3.05, 3.63) is 29.6 Å². The van der Waals surface area contributed by atoms with Gasteiger partial charge in [-0.2, -0.15) is 0 Å². The van der Waals surface area contributed by atoms with Gasteiger partial charge in [-0.05, 0) is 6.07 Å². The standard InChI is InChI=1S/C7H7N3OS/c8-6(11)4-1-5(7(9)12)3-10-2-4/h1-3H,(H2,8,11)(H2,9,12). The number of primary amides is 1. The van der Waals surface area contributed by atoms with E-state index in [1.165, 1.54) is 18.5 Å². The molecule has 1 aromatic heterocycles. The highest BCUT2D eigenvalue weighted by atomic mass is 32.1. The molecule has 0 spiro atoms. The zero-order valence-electron chi connectivity index (χ0n) is 6.15. The van der Waals surface area contributed by atoms with Gasteiger partial charge in [-0.25, -0.2) is 0 Å². The Morgan fingerprint density at radius 1 is 1.33 bits per heavy atom. The molecule has 0 fully saturated rings. The number of nitrogens with zero attached hydrogens (tertiary/aromatic N) is 1. The lowest BCUT2D eigenvalue weighted by Gasteiger charge is -1.98. The molecule has 0 unspecified atom stereocenters. The van der Waals surface area contributed by atoms with Crippen LogP contribution in [0.2, 0.25) is 0 Å². The first-order chi connectivity index (χ1) is 5.61. The van der Waals surface area contributed by atoms with Crippen molar-refractivity contribution in [3.8, 4) is 0 Å². The smallest absolute Gasteiger partial charge is 0.250 e. The van der Waals surface area contributed by atoms with Gasteiger partial charge in [0.1, 0.15) is 4.99 Å². The highest BCUT2D eigenvalue weighted by Crippen LogP contribution is 2.01. The Kier molecular flexibility index (Phi) is 2.35. The number of carbonyl (C=O) groups is 1. The molecule has 0 bridgehead atoms. The van der Waals surface area contributed by atoms with Crippen molar-refractivity contribution < 1.29 is 4.79 Å². The Bertz CT molecular complexity index is 308. The van der Waals surface area contributed by atoms with Gasteiger partial charge in [0.15, 0.2) is 0 Å². The van der Waals surface area contributed by atoms with Gasteiger partial charge in [0.05, 0.1) is 5.56 Å². The number of nitrogens with two attached hydrogens (primary N) is 2. The monoisotopic (exact) mass is 181 g/mol. The molecule has 5 heteroatoms. The summed E-state index contributed by atoms with van der Waals surface area (Å²) < 4.78 is 0. The summed E-state index contributed by atoms with van der Waals surface area (Å²) in [5.74, 6) is -0.541. The topological polar surface area (TPSA) is 82.0 Å². The molecule has 4 N–H and O–H groups in total. The van der Waals surface area contributed by atoms with E-state index in [9.17, 15) is 4.79 Å². The number of hydrogen-bond donors (Lipinski definition) is 2. The van der Waals surface area contributed by atoms with Crippen LogP contribution < -0.4 is 11.5 Å². The van der Waals surface area contributed by atoms with Crippen LogP contribution in [-0.2, 0) is 0 Å². The highest BCUT2D eigenvalue weighted by molar-refractivity contribution is 7.80. The first kappa shape index (κ1) is 8.61. The van der Waals surface area contributed by atoms with E-state index >= 15 is 0 Å². The number of thiocarbonyl (C=S) groups is 1. The fraction of sp³-hybridized carbons (Fsp3) is 0. The minimum atomic E-state index is -0.541. The van der Waals surface area contributed by atoms with Crippen LogP contribution in [0.1, 0.15) is 15.9 Å². The van der Waals surface area contributed by atoms with Crippen molar-refractivity contribution in [2.45, 2.75) is 0 Å². The summed E-state index contributed by atoms with van der Waals surface area (Å²) in [6.45, 7) is 0. The highest BCUT2D eigenvalue weighted by Gasteiger charge is 2.02. The molecule has 4 nitrogen and oxygen atoms in total. The van der Waals surface area contributed by atoms with Gasteiger partial charge in [0.25, 0.3) is 0 Å². The molecule has 12 heavy (non-hydrogen) atoms. The second-order valence-corrected chi connectivity index (χ2v) is 2.63. The molecule has 0 atom stereocenters. The SMILES string of the molecule is NC(=O)c1cncc(C(N)=S)c1. The number of amides is 1. The summed E-state index contributed by atoms with van der Waals surface area (Å²) in [6.07, 6.45) is 2.85. The first-order valence-corrected chi connectivity index (χ1v) is 3.56. The van der Waals surface area contributed by atoms with Gasteiger partial charge in [-0.15, -0.1) is 0 Å². The number of hydrogen-bond acceptors (Lipinski definition) is 3. The van der Waals surface area contributed by atoms with Crippen LogP contribution in [-0.4, -0.2) is 15.9 Å². The molecular weight excluding hydrogens is 174 g/mol. The summed E-state index contributed by atoms with van der Waals surface area (Å²) >= 11 is 4.69. The zero-order valence-corrected chi connectivity index (χ0v) is 6.97. The van der Waals surface area contributed by atoms with Crippen LogP contribution in [0.5, 0.6) is 0 Å². The van der Waals surface area contributed by atoms with Crippen LogP contribution in [0.15, 0.2) is 18.5 Å². The number of aromatic nitrogens is 1. The lowest BCUT2D eigenvalue weighted by atomic mass is 10.2. The Morgan fingerprint density at radius 2 is 1.92 bits per heavy atom. The van der Waals surface area contributed by atoms with Crippen molar-refractivity contribution in [3.63, 3.8) is 0 Å². The Balaban J connectivity index is 3.12. The number of rotatable bonds is 2. The van der Waals surface area contributed by atoms with E-state index in [1.54, 1.807) is 0 Å². The number of pyridine rings is 1. The van der Waals surface area contributed by atoms with Crippen LogP contribution in [0.25, 0.3) is 0 Å². The van der Waals surface area contributed by atoms with E-state index in [1.807, 2.05) is 0 Å². The first-order valence-electron chi connectivity index (χ1n) is 3.16. The molecular formula is C7H7N3OS. The van der Waals surface area contributed by atoms with E-state index in [4.69, 9.17) is 23.7 Å². The van der Waals surface area contributed by atoms with Gasteiger partial charge in [-0.1, -0.05) is 12.2 Å². The Labute approximate surface area is 74.6 Å². The molecule has 62 valence electrons. The van der Waals surface area contributed by atoms with E-state index in [2.05, 4.69) is 4.98 Å². The van der Waals surface area contributed by atoms with Gasteiger partial charge in [0, 0.05) is 18.0 Å². The average molecular weight is 181 g/mol. The molecule has 0 aliphatic rings. The van der Waals surface area contributed by atoms with E-state index in [0.29, 0.717) is 11.1 Å². The second-order valence-electron chi connectivity index (χ2n) is 2.19. The summed E-state index contributed by atoms with van der Waals surface area (Å²) in [4.78, 5) is 14.6. The lowest BCUT2D eigenvalue weighted by Crippen LogP contribution is -2.15. The van der Waals surface area contributed by atoms with E-state index < -0.39 is 5.91 Å². The summed E-state index contributed by atoms with van der Waals surface area (Å²) in [5, 5.41) is 0. The third-order valence-corrected chi connectivity index (χ3v) is 1.54. The molecule has 1 rings (SSSR count). The van der Waals surface area contributed by atoms with Crippen LogP contribution in [0.4, 0.5) is 0 Å². The van der Waals surface area contributed by atoms with Gasteiger partial charge < -0.3 is 11.5 Å². The van der Waals surface area contributed by atoms with E-state index in [0.717, 1.165) is 0 Å². The molecule has 0 saturated heterocycles. The summed E-state index contributed by atoms with van der Waals surface area (Å²) in [6, 6.07) is 1.51. The summed E-state index contributed by atoms with van der Waals surface area (Å²) in [5.41, 5.74) is 11.2. The molecule has 0 aromatic carbocycles. The third kappa shape index (κ3) is 1.76. The minimum Gasteiger partial charge on any atom is -0.389 e. The summed E-state index contributed by atoms with van der Waals surface area (Å²) in [7, 11) is 0. The maximum Gasteiger partial charge on any atom is 0.250 e. The van der Waals surface area contributed by atoms with Crippen molar-refractivity contribution >= 4 is 23.1 Å². The molecule has 0 saturated carbocycles. The quantitative estimate of drug-likeness (QED) is 0.620. The van der Waals surface area contributed by atoms with Gasteiger partial charge in [0.2, 0.25) is 5.91 Å². The number of carbonyl (C=O) groups excluding carboxylic acids is 1. The maximum absolute atomic E-state index is 10.7. The van der Waals surface area contributed by atoms with Crippen LogP contribution >= 0.6 is 12.2 Å². The second kappa shape index (κ2) is 3.27. The normalized spacial score (nSPS) is 9.33. The maximum atomic E-state index is 10.7. The Hall–Kier alpha value is -1.49.